The molecule has 0 amide bonds. The molecule has 3 N–H and O–H groups in total. The van der Waals surface area contributed by atoms with Crippen molar-refractivity contribution in [2.45, 2.75) is 232 Å². The van der Waals surface area contributed by atoms with Crippen LogP contribution in [0.4, 0.5) is 0 Å². The molecule has 0 aliphatic rings. The fourth-order valence-electron chi connectivity index (χ4n) is 8.87. The molecule has 0 saturated heterocycles. The van der Waals surface area contributed by atoms with Crippen LogP contribution < -0.4 is 0 Å². The number of likely N-dealkylation sites (N-methyl/N-ethyl adjacent to an activating group) is 3. The SMILES string of the molecule is CCCCCCCCCCCC[N+](C)(C)CC(O)COP(=O)(OCC(O)C[N+](C)(C)CCCCCCCCCCCC)OCC(O)C[N+](C)(C)CCCCCCCCCCCC. The Balaban J connectivity index is 5.07. The third-order valence-corrected chi connectivity index (χ3v) is 14.1. The van der Waals surface area contributed by atoms with E-state index in [1.807, 2.05) is 0 Å². The minimum absolute atomic E-state index is 0.218. The number of hydrogen-bond acceptors (Lipinski definition) is 7. The second kappa shape index (κ2) is 38.9. The second-order valence-corrected chi connectivity index (χ2v) is 23.0. The summed E-state index contributed by atoms with van der Waals surface area (Å²) in [6.07, 6.45) is 35.9. The standard InChI is InChI=1S/C51H111N3O7P/c1-10-13-16-19-22-25-28-31-34-37-40-52(4,5)43-49(55)46-59-62(58,60-47-50(56)44-53(6,7)41-38-35-32-29-26-23-20-17-14-11-2)61-48-51(57)45-54(8,9)42-39-36-33-30-27-24-21-18-15-12-3/h49-51,55-57H,10-48H2,1-9H3/q+3. The predicted octanol–water partition coefficient (Wildman–Crippen LogP) is 12.2. The topological polar surface area (TPSA) is 105 Å². The molecule has 0 radical (unpaired) electrons. The van der Waals surface area contributed by atoms with Gasteiger partial charge in [0.25, 0.3) is 0 Å². The highest BCUT2D eigenvalue weighted by Crippen LogP contribution is 2.50. The fraction of sp³-hybridized carbons (Fsp3) is 1.00. The van der Waals surface area contributed by atoms with E-state index in [1.165, 1.54) is 173 Å². The molecule has 3 atom stereocenters. The number of hydrogen-bond donors (Lipinski definition) is 3. The molecule has 3 unspecified atom stereocenters. The number of aliphatic hydroxyl groups excluding tert-OH is 3. The summed E-state index contributed by atoms with van der Waals surface area (Å²) >= 11 is 0. The highest BCUT2D eigenvalue weighted by molar-refractivity contribution is 7.48. The van der Waals surface area contributed by atoms with Crippen molar-refractivity contribution in [3.63, 3.8) is 0 Å². The molecule has 0 bridgehead atoms. The summed E-state index contributed by atoms with van der Waals surface area (Å²) in [5.74, 6) is 0. The number of quaternary nitrogens is 3. The molecular weight excluding hydrogens is 798 g/mol. The van der Waals surface area contributed by atoms with Crippen LogP contribution in [0.25, 0.3) is 0 Å². The smallest absolute Gasteiger partial charge is 0.385 e. The minimum atomic E-state index is -4.22. The van der Waals surface area contributed by atoms with Crippen molar-refractivity contribution in [2.24, 2.45) is 0 Å². The van der Waals surface area contributed by atoms with Gasteiger partial charge in [-0.3, -0.25) is 13.6 Å². The monoisotopic (exact) mass is 909 g/mol. The normalized spacial score (nSPS) is 15.2. The van der Waals surface area contributed by atoms with Gasteiger partial charge in [-0.2, -0.15) is 0 Å². The lowest BCUT2D eigenvalue weighted by molar-refractivity contribution is -0.893. The van der Waals surface area contributed by atoms with Gasteiger partial charge >= 0.3 is 7.82 Å². The van der Waals surface area contributed by atoms with Gasteiger partial charge in [-0.15, -0.1) is 0 Å². The molecule has 62 heavy (non-hydrogen) atoms. The summed E-state index contributed by atoms with van der Waals surface area (Å²) in [4.78, 5) is 0. The Hall–Kier alpha value is -0.130. The Labute approximate surface area is 386 Å². The van der Waals surface area contributed by atoms with Crippen LogP contribution in [-0.2, 0) is 18.1 Å². The zero-order valence-electron chi connectivity index (χ0n) is 43.1. The Kier molecular flexibility index (Phi) is 38.8. The first kappa shape index (κ1) is 61.9. The molecule has 0 aliphatic heterocycles. The molecule has 0 saturated carbocycles. The van der Waals surface area contributed by atoms with Crippen molar-refractivity contribution in [3.05, 3.63) is 0 Å². The van der Waals surface area contributed by atoms with E-state index in [1.54, 1.807) is 0 Å². The maximum absolute atomic E-state index is 14.1. The summed E-state index contributed by atoms with van der Waals surface area (Å²) in [5, 5.41) is 33.2. The third kappa shape index (κ3) is 40.2. The van der Waals surface area contributed by atoms with E-state index in [2.05, 4.69) is 63.1 Å². The van der Waals surface area contributed by atoms with Crippen LogP contribution in [0.3, 0.4) is 0 Å². The molecule has 0 fully saturated rings. The van der Waals surface area contributed by atoms with E-state index >= 15 is 0 Å². The number of rotatable bonds is 48. The van der Waals surface area contributed by atoms with Gasteiger partial charge in [0.15, 0.2) is 0 Å². The highest BCUT2D eigenvalue weighted by Gasteiger charge is 2.34. The van der Waals surface area contributed by atoms with Gasteiger partial charge < -0.3 is 28.8 Å². The van der Waals surface area contributed by atoms with Gasteiger partial charge in [0, 0.05) is 0 Å². The average Bonchev–Trinajstić information content (AvgIpc) is 3.20. The van der Waals surface area contributed by atoms with E-state index in [4.69, 9.17) is 13.6 Å². The van der Waals surface area contributed by atoms with Gasteiger partial charge in [-0.05, 0) is 38.5 Å². The first-order valence-electron chi connectivity index (χ1n) is 26.5. The van der Waals surface area contributed by atoms with Crippen LogP contribution in [0.5, 0.6) is 0 Å². The van der Waals surface area contributed by atoms with E-state index in [-0.39, 0.29) is 19.8 Å². The molecule has 0 aromatic rings. The van der Waals surface area contributed by atoms with Gasteiger partial charge in [0.2, 0.25) is 0 Å². The van der Waals surface area contributed by atoms with E-state index in [9.17, 15) is 19.9 Å². The molecule has 0 aromatic heterocycles. The molecule has 0 aromatic carbocycles. The third-order valence-electron chi connectivity index (χ3n) is 12.7. The minimum Gasteiger partial charge on any atom is -0.385 e. The molecule has 0 spiro atoms. The molecule has 0 aliphatic carbocycles. The lowest BCUT2D eigenvalue weighted by Crippen LogP contribution is -2.47. The molecule has 11 heteroatoms. The summed E-state index contributed by atoms with van der Waals surface area (Å²) < 4.78 is 33.4. The molecule has 0 heterocycles. The Morgan fingerprint density at radius 3 is 0.710 bits per heavy atom. The maximum atomic E-state index is 14.1. The van der Waals surface area contributed by atoms with E-state index in [0.29, 0.717) is 33.1 Å². The molecule has 374 valence electrons. The summed E-state index contributed by atoms with van der Waals surface area (Å²) in [7, 11) is 8.46. The number of unbranched alkanes of at least 4 members (excludes halogenated alkanes) is 27. The van der Waals surface area contributed by atoms with Gasteiger partial charge in [-0.1, -0.05) is 175 Å². The van der Waals surface area contributed by atoms with Crippen LogP contribution >= 0.6 is 7.82 Å². The Bertz CT molecular complexity index is 910. The van der Waals surface area contributed by atoms with Crippen molar-refractivity contribution >= 4 is 7.82 Å². The summed E-state index contributed by atoms with van der Waals surface area (Å²) in [6, 6.07) is 0. The lowest BCUT2D eigenvalue weighted by Gasteiger charge is -2.33. The summed E-state index contributed by atoms with van der Waals surface area (Å²) in [6.45, 7) is 10.3. The van der Waals surface area contributed by atoms with E-state index < -0.39 is 26.1 Å². The van der Waals surface area contributed by atoms with Gasteiger partial charge in [0.1, 0.15) is 37.9 Å². The first-order chi connectivity index (χ1) is 29.5. The first-order valence-corrected chi connectivity index (χ1v) is 28.0. The zero-order valence-corrected chi connectivity index (χ0v) is 44.0. The highest BCUT2D eigenvalue weighted by atomic mass is 31.2. The van der Waals surface area contributed by atoms with Crippen molar-refractivity contribution in [2.75, 3.05) is 101 Å². The zero-order chi connectivity index (χ0) is 46.4. The van der Waals surface area contributed by atoms with Crippen molar-refractivity contribution < 1.29 is 46.9 Å². The van der Waals surface area contributed by atoms with Crippen molar-refractivity contribution in [1.29, 1.82) is 0 Å². The second-order valence-electron chi connectivity index (χ2n) is 21.4. The van der Waals surface area contributed by atoms with Crippen LogP contribution in [-0.4, -0.2) is 148 Å². The van der Waals surface area contributed by atoms with E-state index in [0.717, 1.165) is 38.9 Å². The van der Waals surface area contributed by atoms with Gasteiger partial charge in [-0.25, -0.2) is 4.57 Å². The van der Waals surface area contributed by atoms with Gasteiger partial charge in [0.05, 0.1) is 81.7 Å². The quantitative estimate of drug-likeness (QED) is 0.0317. The largest absolute Gasteiger partial charge is 0.475 e. The van der Waals surface area contributed by atoms with Crippen LogP contribution in [0.1, 0.15) is 213 Å². The van der Waals surface area contributed by atoms with Crippen LogP contribution in [0.2, 0.25) is 0 Å². The number of nitrogens with zero attached hydrogens (tertiary/aromatic N) is 3. The Morgan fingerprint density at radius 1 is 0.339 bits per heavy atom. The molecular formula is C51H111N3O7P+3. The number of aliphatic hydroxyl groups is 3. The predicted molar refractivity (Wildman–Crippen MR) is 265 cm³/mol. The number of phosphoric acid groups is 1. The van der Waals surface area contributed by atoms with Crippen molar-refractivity contribution in [1.82, 2.24) is 0 Å². The van der Waals surface area contributed by atoms with Crippen molar-refractivity contribution in [3.8, 4) is 0 Å². The maximum Gasteiger partial charge on any atom is 0.475 e. The lowest BCUT2D eigenvalue weighted by atomic mass is 10.1. The van der Waals surface area contributed by atoms with Crippen LogP contribution in [0, 0.1) is 0 Å². The van der Waals surface area contributed by atoms with Crippen LogP contribution in [0.15, 0.2) is 0 Å². The Morgan fingerprint density at radius 2 is 0.516 bits per heavy atom. The average molecular weight is 909 g/mol. The summed E-state index contributed by atoms with van der Waals surface area (Å²) in [5.41, 5.74) is 0. The fourth-order valence-corrected chi connectivity index (χ4v) is 10.2. The molecule has 0 rings (SSSR count). The number of phosphoric ester groups is 1. The molecule has 10 nitrogen and oxygen atoms in total.